The Bertz CT molecular complexity index is 2020. The van der Waals surface area contributed by atoms with Crippen LogP contribution in [-0.2, 0) is 4.79 Å². The zero-order valence-corrected chi connectivity index (χ0v) is 38.4. The summed E-state index contributed by atoms with van der Waals surface area (Å²) in [5.41, 5.74) is 19.9. The van der Waals surface area contributed by atoms with Gasteiger partial charge in [-0.2, -0.15) is 0 Å². The maximum Gasteiger partial charge on any atom is 0.134 e. The molecule has 5 aromatic rings. The van der Waals surface area contributed by atoms with E-state index in [4.69, 9.17) is 0 Å². The largest absolute Gasteiger partial charge is 0.300 e. The normalized spacial score (nSPS) is 17.6. The first-order valence-corrected chi connectivity index (χ1v) is 23.4. The van der Waals surface area contributed by atoms with Crippen molar-refractivity contribution < 1.29 is 4.79 Å². The van der Waals surface area contributed by atoms with Crippen molar-refractivity contribution in [2.24, 2.45) is 11.8 Å². The van der Waals surface area contributed by atoms with Gasteiger partial charge in [0.15, 0.2) is 0 Å². The lowest BCUT2D eigenvalue weighted by atomic mass is 9.79. The van der Waals surface area contributed by atoms with E-state index in [1.807, 2.05) is 0 Å². The second-order valence-corrected chi connectivity index (χ2v) is 21.6. The van der Waals surface area contributed by atoms with Gasteiger partial charge in [-0.1, -0.05) is 182 Å². The van der Waals surface area contributed by atoms with Crippen LogP contribution in [0.15, 0.2) is 91.0 Å². The van der Waals surface area contributed by atoms with Gasteiger partial charge in [-0.25, -0.2) is 0 Å². The Hall–Kier alpha value is -3.80. The molecule has 1 heterocycles. The van der Waals surface area contributed by atoms with Crippen molar-refractivity contribution in [3.8, 4) is 44.5 Å². The molecular formula is C55H69OP. The number of hydrogen-bond acceptors (Lipinski definition) is 1. The van der Waals surface area contributed by atoms with E-state index in [1.165, 1.54) is 83.2 Å². The Morgan fingerprint density at radius 3 is 1.07 bits per heavy atom. The van der Waals surface area contributed by atoms with Crippen LogP contribution in [0.25, 0.3) is 44.5 Å². The van der Waals surface area contributed by atoms with E-state index >= 15 is 0 Å². The van der Waals surface area contributed by atoms with Crippen LogP contribution in [-0.4, -0.2) is 17.1 Å². The fraction of sp³-hybridized carbons (Fsp3) is 0.436. The third-order valence-electron chi connectivity index (χ3n) is 12.8. The predicted octanol–water partition coefficient (Wildman–Crippen LogP) is 16.0. The molecule has 0 bridgehead atoms. The minimum Gasteiger partial charge on any atom is -0.300 e. The summed E-state index contributed by atoms with van der Waals surface area (Å²) in [5, 5.41) is 1.54. The zero-order valence-electron chi connectivity index (χ0n) is 37.5. The van der Waals surface area contributed by atoms with Gasteiger partial charge in [-0.05, 0) is 144 Å². The lowest BCUT2D eigenvalue weighted by Crippen LogP contribution is -2.38. The van der Waals surface area contributed by atoms with Gasteiger partial charge in [0.1, 0.15) is 5.78 Å². The van der Waals surface area contributed by atoms with Crippen LogP contribution in [0, 0.1) is 25.7 Å². The zero-order chi connectivity index (χ0) is 41.5. The molecule has 2 atom stereocenters. The molecule has 2 heteroatoms. The molecule has 300 valence electrons. The summed E-state index contributed by atoms with van der Waals surface area (Å²) in [6.07, 6.45) is 1.36. The quantitative estimate of drug-likeness (QED) is 0.122. The Morgan fingerprint density at radius 1 is 0.456 bits per heavy atom. The summed E-state index contributed by atoms with van der Waals surface area (Å²) >= 11 is 0. The molecule has 0 aromatic heterocycles. The van der Waals surface area contributed by atoms with E-state index in [0.29, 0.717) is 65.5 Å². The Kier molecular flexibility index (Phi) is 13.2. The van der Waals surface area contributed by atoms with Gasteiger partial charge in [0.05, 0.1) is 0 Å². The molecule has 1 aliphatic heterocycles. The summed E-state index contributed by atoms with van der Waals surface area (Å²) in [4.78, 5) is 13.8. The van der Waals surface area contributed by atoms with Crippen molar-refractivity contribution >= 4 is 19.0 Å². The molecule has 0 radical (unpaired) electrons. The molecule has 57 heavy (non-hydrogen) atoms. The van der Waals surface area contributed by atoms with Crippen LogP contribution >= 0.6 is 7.92 Å². The number of hydrogen-bond donors (Lipinski definition) is 0. The summed E-state index contributed by atoms with van der Waals surface area (Å²) < 4.78 is 0. The number of Topliss-reactive ketones (excluding diaryl/α,β-unsaturated/α-hetero) is 1. The Labute approximate surface area is 347 Å². The maximum atomic E-state index is 13.8. The Balaban J connectivity index is 1.81. The molecule has 1 aliphatic rings. The molecular weight excluding hydrogens is 708 g/mol. The second kappa shape index (κ2) is 17.6. The minimum atomic E-state index is -0.749. The molecule has 0 aliphatic carbocycles. The first kappa shape index (κ1) is 42.8. The number of carbonyl (C=O) groups is 1. The van der Waals surface area contributed by atoms with Gasteiger partial charge < -0.3 is 0 Å². The number of rotatable bonds is 11. The summed E-state index contributed by atoms with van der Waals surface area (Å²) in [6, 6.07) is 35.1. The first-order valence-electron chi connectivity index (χ1n) is 21.9. The summed E-state index contributed by atoms with van der Waals surface area (Å²) in [6.45, 7) is 33.0. The van der Waals surface area contributed by atoms with E-state index in [-0.39, 0.29) is 0 Å². The van der Waals surface area contributed by atoms with Crippen molar-refractivity contribution in [3.05, 3.63) is 124 Å². The van der Waals surface area contributed by atoms with E-state index in [1.54, 1.807) is 0 Å². The highest BCUT2D eigenvalue weighted by molar-refractivity contribution is 7.68. The topological polar surface area (TPSA) is 17.1 Å². The lowest BCUT2D eigenvalue weighted by molar-refractivity contribution is -0.119. The van der Waals surface area contributed by atoms with Gasteiger partial charge >= 0.3 is 0 Å². The van der Waals surface area contributed by atoms with Crippen LogP contribution in [0.5, 0.6) is 0 Å². The fourth-order valence-electron chi connectivity index (χ4n) is 9.59. The van der Waals surface area contributed by atoms with Crippen LogP contribution in [0.1, 0.15) is 153 Å². The SMILES string of the molecule is Cc1ccccc1-c1cc(C(C)C)c(-c2cccc(-c3c(C(C)C)cc(-c4ccccc4C)cc3C(C)C)c2P2C(C(C)C)CC(=O)CC2C(C)C)c(C(C)C)c1. The summed E-state index contributed by atoms with van der Waals surface area (Å²) in [5.74, 6) is 2.55. The first-order chi connectivity index (χ1) is 27.0. The molecule has 0 spiro atoms. The Morgan fingerprint density at radius 2 is 0.772 bits per heavy atom. The monoisotopic (exact) mass is 777 g/mol. The highest BCUT2D eigenvalue weighted by atomic mass is 31.1. The van der Waals surface area contributed by atoms with Crippen LogP contribution in [0.2, 0.25) is 0 Å². The molecule has 5 aromatic carbocycles. The molecule has 1 saturated heterocycles. The molecule has 2 unspecified atom stereocenters. The molecule has 6 rings (SSSR count). The molecule has 1 nitrogen and oxygen atoms in total. The lowest BCUT2D eigenvalue weighted by Gasteiger charge is -2.44. The molecule has 0 N–H and O–H groups in total. The minimum absolute atomic E-state index is 0.320. The molecule has 1 fully saturated rings. The van der Waals surface area contributed by atoms with Gasteiger partial charge in [-0.15, -0.1) is 0 Å². The van der Waals surface area contributed by atoms with Gasteiger partial charge in [-0.3, -0.25) is 4.79 Å². The van der Waals surface area contributed by atoms with E-state index in [2.05, 4.69) is 188 Å². The summed E-state index contributed by atoms with van der Waals surface area (Å²) in [7, 11) is -0.749. The van der Waals surface area contributed by atoms with Crippen molar-refractivity contribution in [2.75, 3.05) is 0 Å². The standard InChI is InChI=1S/C55H69OP/c1-32(2)47-26-40(43-22-17-15-20-38(43)13)27-48(33(3)4)53(47)45-24-19-25-46(55(45)57-51(36(9)10)30-42(56)31-52(57)37(11)12)54-49(34(5)6)28-41(29-50(54)35(7)8)44-23-18-16-21-39(44)14/h15-29,32-37,51-52H,30-31H2,1-14H3. The second-order valence-electron chi connectivity index (χ2n) is 19.0. The fourth-order valence-corrected chi connectivity index (χ4v) is 13.8. The average Bonchev–Trinajstić information content (AvgIpc) is 3.16. The van der Waals surface area contributed by atoms with Gasteiger partial charge in [0, 0.05) is 12.8 Å². The van der Waals surface area contributed by atoms with Crippen LogP contribution in [0.3, 0.4) is 0 Å². The predicted molar refractivity (Wildman–Crippen MR) is 252 cm³/mol. The third kappa shape index (κ3) is 8.53. The van der Waals surface area contributed by atoms with Crippen LogP contribution in [0.4, 0.5) is 0 Å². The smallest absolute Gasteiger partial charge is 0.134 e. The van der Waals surface area contributed by atoms with Crippen LogP contribution < -0.4 is 5.30 Å². The maximum absolute atomic E-state index is 13.8. The van der Waals surface area contributed by atoms with E-state index in [9.17, 15) is 4.79 Å². The number of aryl methyl sites for hydroxylation is 2. The van der Waals surface area contributed by atoms with Crippen molar-refractivity contribution in [1.29, 1.82) is 0 Å². The van der Waals surface area contributed by atoms with Gasteiger partial charge in [0.25, 0.3) is 0 Å². The highest BCUT2D eigenvalue weighted by Crippen LogP contribution is 2.60. The van der Waals surface area contributed by atoms with Crippen molar-refractivity contribution in [2.45, 2.75) is 145 Å². The highest BCUT2D eigenvalue weighted by Gasteiger charge is 2.43. The molecule has 0 amide bonds. The third-order valence-corrected chi connectivity index (χ3v) is 16.7. The van der Waals surface area contributed by atoms with E-state index < -0.39 is 7.92 Å². The number of carbonyl (C=O) groups excluding carboxylic acids is 1. The van der Waals surface area contributed by atoms with Crippen molar-refractivity contribution in [1.82, 2.24) is 0 Å². The number of benzene rings is 5. The van der Waals surface area contributed by atoms with Crippen molar-refractivity contribution in [3.63, 3.8) is 0 Å². The average molecular weight is 777 g/mol. The van der Waals surface area contributed by atoms with Gasteiger partial charge in [0.2, 0.25) is 0 Å². The molecule has 0 saturated carbocycles. The number of ketones is 1. The van der Waals surface area contributed by atoms with E-state index in [0.717, 1.165) is 0 Å².